The minimum atomic E-state index is -4.82. The molecule has 0 aromatic heterocycles. The van der Waals surface area contributed by atoms with E-state index >= 15 is 0 Å². The normalized spacial score (nSPS) is 13.8. The van der Waals surface area contributed by atoms with Crippen LogP contribution in [0.5, 0.6) is 0 Å². The smallest absolute Gasteiger partial charge is 0.350 e. The first-order chi connectivity index (χ1) is 16.9. The van der Waals surface area contributed by atoms with E-state index in [4.69, 9.17) is 9.47 Å². The van der Waals surface area contributed by atoms with Gasteiger partial charge in [-0.05, 0) is 70.2 Å². The van der Waals surface area contributed by atoms with Crippen molar-refractivity contribution in [2.24, 2.45) is 5.92 Å². The fourth-order valence-corrected chi connectivity index (χ4v) is 4.75. The molecule has 0 N–H and O–H groups in total. The van der Waals surface area contributed by atoms with E-state index in [2.05, 4.69) is 6.92 Å². The minimum Gasteiger partial charge on any atom is -0.350 e. The molecule has 210 valence electrons. The number of benzene rings is 1. The van der Waals surface area contributed by atoms with E-state index in [1.54, 1.807) is 0 Å². The molecule has 0 amide bonds. The quantitative estimate of drug-likeness (QED) is 0.108. The molecule has 0 spiro atoms. The van der Waals surface area contributed by atoms with Gasteiger partial charge < -0.3 is 9.47 Å². The van der Waals surface area contributed by atoms with Gasteiger partial charge in [0.1, 0.15) is 0 Å². The zero-order chi connectivity index (χ0) is 27.2. The van der Waals surface area contributed by atoms with Gasteiger partial charge >= 0.3 is 12.4 Å². The maximum atomic E-state index is 13.1. The number of halogens is 6. The van der Waals surface area contributed by atoms with Gasteiger partial charge in [0.2, 0.25) is 0 Å². The average molecular weight is 527 g/mol. The van der Waals surface area contributed by atoms with Gasteiger partial charge in [0, 0.05) is 19.1 Å². The van der Waals surface area contributed by atoms with Gasteiger partial charge in [-0.25, -0.2) is 0 Å². The van der Waals surface area contributed by atoms with Crippen LogP contribution >= 0.6 is 0 Å². The summed E-state index contributed by atoms with van der Waals surface area (Å²) in [5.41, 5.74) is -2.44. The highest BCUT2D eigenvalue weighted by atomic mass is 19.4. The molecule has 1 unspecified atom stereocenters. The van der Waals surface area contributed by atoms with E-state index in [0.717, 1.165) is 44.2 Å². The third-order valence-corrected chi connectivity index (χ3v) is 6.68. The summed E-state index contributed by atoms with van der Waals surface area (Å²) >= 11 is 0. The number of alkyl halides is 6. The van der Waals surface area contributed by atoms with Crippen LogP contribution in [0.2, 0.25) is 0 Å². The standard InChI is InChI=1S/C28H44F6O2/c1-5-8-9-10-11-14-17-23(26(4,35-6-2)36-7-3)18-15-12-13-16-22-19-24(27(29,30)31)21-25(20-22)28(32,33)34/h19-21,23H,5-18H2,1-4H3. The van der Waals surface area contributed by atoms with Gasteiger partial charge in [-0.15, -0.1) is 0 Å². The lowest BCUT2D eigenvalue weighted by molar-refractivity contribution is -0.254. The van der Waals surface area contributed by atoms with Gasteiger partial charge in [-0.1, -0.05) is 58.3 Å². The zero-order valence-corrected chi connectivity index (χ0v) is 22.3. The van der Waals surface area contributed by atoms with E-state index < -0.39 is 29.3 Å². The number of unbranched alkanes of at least 4 members (excludes halogenated alkanes) is 7. The maximum absolute atomic E-state index is 13.1. The summed E-state index contributed by atoms with van der Waals surface area (Å²) in [5, 5.41) is 0. The van der Waals surface area contributed by atoms with Crippen molar-refractivity contribution >= 4 is 0 Å². The Labute approximate surface area is 213 Å². The molecule has 1 rings (SSSR count). The Balaban J connectivity index is 2.73. The fourth-order valence-electron chi connectivity index (χ4n) is 4.75. The number of rotatable bonds is 18. The van der Waals surface area contributed by atoms with Crippen LogP contribution in [0.25, 0.3) is 0 Å². The number of hydrogen-bond acceptors (Lipinski definition) is 2. The Bertz CT molecular complexity index is 691. The summed E-state index contributed by atoms with van der Waals surface area (Å²) in [4.78, 5) is 0. The van der Waals surface area contributed by atoms with Crippen molar-refractivity contribution in [2.45, 2.75) is 123 Å². The van der Waals surface area contributed by atoms with Gasteiger partial charge in [0.05, 0.1) is 11.1 Å². The highest BCUT2D eigenvalue weighted by Gasteiger charge is 2.37. The van der Waals surface area contributed by atoms with Crippen molar-refractivity contribution in [3.8, 4) is 0 Å². The Morgan fingerprint density at radius 3 is 1.53 bits per heavy atom. The summed E-state index contributed by atoms with van der Waals surface area (Å²) in [5.74, 6) is -0.524. The molecule has 1 aromatic rings. The molecular weight excluding hydrogens is 482 g/mol. The van der Waals surface area contributed by atoms with Crippen LogP contribution in [0.3, 0.4) is 0 Å². The predicted molar refractivity (Wildman–Crippen MR) is 132 cm³/mol. The molecule has 0 saturated carbocycles. The van der Waals surface area contributed by atoms with Gasteiger partial charge in [-0.3, -0.25) is 0 Å². The van der Waals surface area contributed by atoms with Crippen LogP contribution in [0.4, 0.5) is 26.3 Å². The fraction of sp³-hybridized carbons (Fsp3) is 0.786. The molecule has 1 atom stereocenters. The molecule has 0 heterocycles. The number of hydrogen-bond donors (Lipinski definition) is 0. The van der Waals surface area contributed by atoms with Gasteiger partial charge in [0.25, 0.3) is 0 Å². The summed E-state index contributed by atoms with van der Waals surface area (Å²) in [7, 11) is 0. The molecule has 8 heteroatoms. The third kappa shape index (κ3) is 11.8. The number of aryl methyl sites for hydroxylation is 1. The summed E-state index contributed by atoms with van der Waals surface area (Å²) < 4.78 is 90.6. The van der Waals surface area contributed by atoms with E-state index in [1.165, 1.54) is 25.7 Å². The molecule has 36 heavy (non-hydrogen) atoms. The summed E-state index contributed by atoms with van der Waals surface area (Å²) in [6.07, 6.45) is 1.49. The first-order valence-electron chi connectivity index (χ1n) is 13.4. The molecule has 0 radical (unpaired) electrons. The lowest BCUT2D eigenvalue weighted by atomic mass is 9.87. The van der Waals surface area contributed by atoms with Crippen LogP contribution in [0, 0.1) is 5.92 Å². The Kier molecular flexibility index (Phi) is 14.4. The van der Waals surface area contributed by atoms with Crippen LogP contribution in [-0.4, -0.2) is 19.0 Å². The molecule has 0 saturated heterocycles. The predicted octanol–water partition coefficient (Wildman–Crippen LogP) is 9.98. The van der Waals surface area contributed by atoms with Crippen molar-refractivity contribution in [2.75, 3.05) is 13.2 Å². The van der Waals surface area contributed by atoms with E-state index in [0.29, 0.717) is 26.1 Å². The van der Waals surface area contributed by atoms with Crippen molar-refractivity contribution in [3.63, 3.8) is 0 Å². The Hall–Kier alpha value is -1.28. The molecule has 0 fully saturated rings. The molecule has 2 nitrogen and oxygen atoms in total. The van der Waals surface area contributed by atoms with Crippen LogP contribution in [0.15, 0.2) is 18.2 Å². The molecular formula is C28H44F6O2. The first kappa shape index (κ1) is 32.7. The minimum absolute atomic E-state index is 0.0641. The lowest BCUT2D eigenvalue weighted by Gasteiger charge is -2.37. The molecule has 0 aliphatic heterocycles. The third-order valence-electron chi connectivity index (χ3n) is 6.68. The van der Waals surface area contributed by atoms with Crippen LogP contribution in [0.1, 0.15) is 115 Å². The second-order valence-electron chi connectivity index (χ2n) is 9.65. The zero-order valence-electron chi connectivity index (χ0n) is 22.3. The SMILES string of the molecule is CCCCCCCCC(CCCCCc1cc(C(F)(F)F)cc(C(F)(F)F)c1)C(C)(OCC)OCC. The van der Waals surface area contributed by atoms with Crippen molar-refractivity contribution in [1.82, 2.24) is 0 Å². The van der Waals surface area contributed by atoms with Crippen LogP contribution in [-0.2, 0) is 28.2 Å². The van der Waals surface area contributed by atoms with Crippen molar-refractivity contribution < 1.29 is 35.8 Å². The molecule has 0 aliphatic rings. The Morgan fingerprint density at radius 1 is 0.639 bits per heavy atom. The van der Waals surface area contributed by atoms with Crippen molar-refractivity contribution in [1.29, 1.82) is 0 Å². The van der Waals surface area contributed by atoms with E-state index in [1.807, 2.05) is 20.8 Å². The highest BCUT2D eigenvalue weighted by molar-refractivity contribution is 5.33. The topological polar surface area (TPSA) is 18.5 Å². The first-order valence-corrected chi connectivity index (χ1v) is 13.4. The Morgan fingerprint density at radius 2 is 1.08 bits per heavy atom. The summed E-state index contributed by atoms with van der Waals surface area (Å²) in [6, 6.07) is 1.84. The van der Waals surface area contributed by atoms with E-state index in [9.17, 15) is 26.3 Å². The van der Waals surface area contributed by atoms with Crippen LogP contribution < -0.4 is 0 Å². The highest BCUT2D eigenvalue weighted by Crippen LogP contribution is 2.37. The van der Waals surface area contributed by atoms with Gasteiger partial charge in [-0.2, -0.15) is 26.3 Å². The average Bonchev–Trinajstić information content (AvgIpc) is 2.78. The second-order valence-corrected chi connectivity index (χ2v) is 9.65. The van der Waals surface area contributed by atoms with E-state index in [-0.39, 0.29) is 24.0 Å². The van der Waals surface area contributed by atoms with Crippen molar-refractivity contribution in [3.05, 3.63) is 34.9 Å². The molecule has 1 aromatic carbocycles. The largest absolute Gasteiger partial charge is 0.416 e. The monoisotopic (exact) mass is 526 g/mol. The maximum Gasteiger partial charge on any atom is 0.416 e. The molecule has 0 bridgehead atoms. The summed E-state index contributed by atoms with van der Waals surface area (Å²) in [6.45, 7) is 9.09. The van der Waals surface area contributed by atoms with Gasteiger partial charge in [0.15, 0.2) is 5.79 Å². The lowest BCUT2D eigenvalue weighted by Crippen LogP contribution is -2.41. The number of ether oxygens (including phenoxy) is 2. The molecule has 0 aliphatic carbocycles. The second kappa shape index (κ2) is 15.9.